The number of hydrogen-bond donors (Lipinski definition) is 3. The van der Waals surface area contributed by atoms with Gasteiger partial charge in [0, 0.05) is 33.9 Å². The Kier molecular flexibility index (Phi) is 5.16. The number of carbonyl (C=O) groups is 1. The lowest BCUT2D eigenvalue weighted by Gasteiger charge is -2.09. The van der Waals surface area contributed by atoms with Crippen LogP contribution in [0.3, 0.4) is 0 Å². The van der Waals surface area contributed by atoms with Crippen molar-refractivity contribution in [2.75, 3.05) is 6.54 Å². The number of aromatic nitrogens is 1. The van der Waals surface area contributed by atoms with Crippen LogP contribution in [-0.2, 0) is 17.8 Å². The lowest BCUT2D eigenvalue weighted by atomic mass is 10.1. The summed E-state index contributed by atoms with van der Waals surface area (Å²) in [4.78, 5) is 12.6. The van der Waals surface area contributed by atoms with Crippen molar-refractivity contribution in [2.24, 2.45) is 5.11 Å². The molecule has 6 heteroatoms. The standard InChI is InChI=1S/C23H21N5O/c24-23(27-25)17-10-11-21-19(14-17)18-8-4-5-9-20(18)28(21)15-22(29)26-13-12-16-6-2-1-3-7-16/h1-11,14,24-25H,12-13,15H2,(H,26,29). The van der Waals surface area contributed by atoms with Crippen molar-refractivity contribution >= 4 is 33.5 Å². The summed E-state index contributed by atoms with van der Waals surface area (Å²) >= 11 is 0. The van der Waals surface area contributed by atoms with Crippen LogP contribution >= 0.6 is 0 Å². The van der Waals surface area contributed by atoms with Crippen molar-refractivity contribution < 1.29 is 4.79 Å². The lowest BCUT2D eigenvalue weighted by molar-refractivity contribution is -0.121. The highest BCUT2D eigenvalue weighted by molar-refractivity contribution is 6.11. The smallest absolute Gasteiger partial charge is 0.239 e. The second-order valence-corrected chi connectivity index (χ2v) is 6.88. The van der Waals surface area contributed by atoms with E-state index in [2.05, 4.69) is 22.6 Å². The van der Waals surface area contributed by atoms with E-state index in [1.165, 1.54) is 5.56 Å². The molecule has 0 spiro atoms. The molecule has 3 N–H and O–H groups in total. The van der Waals surface area contributed by atoms with Crippen LogP contribution in [-0.4, -0.2) is 22.9 Å². The maximum absolute atomic E-state index is 12.6. The Hall–Kier alpha value is -3.80. The van der Waals surface area contributed by atoms with Crippen LogP contribution in [0.2, 0.25) is 0 Å². The van der Waals surface area contributed by atoms with Crippen LogP contribution in [0, 0.1) is 10.9 Å². The molecule has 3 aromatic carbocycles. The van der Waals surface area contributed by atoms with E-state index >= 15 is 0 Å². The molecule has 0 bridgehead atoms. The molecule has 4 aromatic rings. The summed E-state index contributed by atoms with van der Waals surface area (Å²) in [6.07, 6.45) is 0.794. The van der Waals surface area contributed by atoms with Crippen molar-refractivity contribution in [2.45, 2.75) is 13.0 Å². The first kappa shape index (κ1) is 18.6. The number of amidine groups is 1. The zero-order chi connectivity index (χ0) is 20.2. The van der Waals surface area contributed by atoms with Gasteiger partial charge in [0.2, 0.25) is 5.91 Å². The Bertz CT molecular complexity index is 1210. The molecule has 0 aliphatic rings. The van der Waals surface area contributed by atoms with Gasteiger partial charge in [-0.15, -0.1) is 5.11 Å². The van der Waals surface area contributed by atoms with Gasteiger partial charge in [-0.25, -0.2) is 5.53 Å². The molecule has 0 aliphatic carbocycles. The molecule has 1 aromatic heterocycles. The molecule has 29 heavy (non-hydrogen) atoms. The predicted octanol–water partition coefficient (Wildman–Crippen LogP) is 4.51. The summed E-state index contributed by atoms with van der Waals surface area (Å²) in [6.45, 7) is 0.810. The molecule has 0 unspecified atom stereocenters. The van der Waals surface area contributed by atoms with Crippen molar-refractivity contribution in [1.82, 2.24) is 9.88 Å². The van der Waals surface area contributed by atoms with E-state index in [4.69, 9.17) is 10.9 Å². The normalized spacial score (nSPS) is 10.9. The third kappa shape index (κ3) is 3.78. The Balaban J connectivity index is 1.59. The monoisotopic (exact) mass is 383 g/mol. The predicted molar refractivity (Wildman–Crippen MR) is 115 cm³/mol. The highest BCUT2D eigenvalue weighted by Crippen LogP contribution is 2.29. The van der Waals surface area contributed by atoms with E-state index in [0.29, 0.717) is 12.1 Å². The molecule has 0 aliphatic heterocycles. The first-order chi connectivity index (χ1) is 14.2. The molecule has 0 atom stereocenters. The van der Waals surface area contributed by atoms with Gasteiger partial charge in [-0.3, -0.25) is 10.2 Å². The van der Waals surface area contributed by atoms with Gasteiger partial charge in [-0.1, -0.05) is 48.5 Å². The number of carbonyl (C=O) groups excluding carboxylic acids is 1. The van der Waals surface area contributed by atoms with E-state index in [0.717, 1.165) is 28.2 Å². The van der Waals surface area contributed by atoms with E-state index in [1.807, 2.05) is 59.2 Å². The molecule has 1 heterocycles. The molecule has 144 valence electrons. The van der Waals surface area contributed by atoms with Gasteiger partial charge in [0.25, 0.3) is 0 Å². The SMILES string of the molecule is N=NC(=N)c1ccc2c(c1)c1ccccc1n2CC(=O)NCCc1ccccc1. The Morgan fingerprint density at radius 1 is 0.931 bits per heavy atom. The van der Waals surface area contributed by atoms with Gasteiger partial charge in [-0.2, -0.15) is 0 Å². The number of benzene rings is 3. The van der Waals surface area contributed by atoms with Gasteiger partial charge in [0.1, 0.15) is 6.54 Å². The second-order valence-electron chi connectivity index (χ2n) is 6.88. The Morgan fingerprint density at radius 3 is 2.45 bits per heavy atom. The molecular weight excluding hydrogens is 362 g/mol. The number of nitrogens with zero attached hydrogens (tertiary/aromatic N) is 2. The number of fused-ring (bicyclic) bond motifs is 3. The summed E-state index contributed by atoms with van der Waals surface area (Å²) in [5.74, 6) is -0.121. The number of nitrogens with one attached hydrogen (secondary N) is 3. The van der Waals surface area contributed by atoms with Crippen LogP contribution in [0.5, 0.6) is 0 Å². The van der Waals surface area contributed by atoms with Gasteiger partial charge in [-0.05, 0) is 36.2 Å². The minimum absolute atomic E-state index is 0.0402. The number of amides is 1. The fourth-order valence-corrected chi connectivity index (χ4v) is 3.63. The minimum Gasteiger partial charge on any atom is -0.354 e. The summed E-state index contributed by atoms with van der Waals surface area (Å²) in [6, 6.07) is 23.5. The number of para-hydroxylation sites is 1. The topological polar surface area (TPSA) is 94.1 Å². The molecule has 0 saturated carbocycles. The number of hydrogen-bond acceptors (Lipinski definition) is 3. The molecule has 0 saturated heterocycles. The van der Waals surface area contributed by atoms with Crippen LogP contribution in [0.1, 0.15) is 11.1 Å². The quantitative estimate of drug-likeness (QED) is 0.255. The van der Waals surface area contributed by atoms with E-state index in [9.17, 15) is 4.79 Å². The molecule has 1 amide bonds. The molecular formula is C23H21N5O. The zero-order valence-electron chi connectivity index (χ0n) is 15.9. The van der Waals surface area contributed by atoms with Crippen molar-refractivity contribution in [1.29, 1.82) is 10.9 Å². The first-order valence-corrected chi connectivity index (χ1v) is 9.45. The maximum atomic E-state index is 12.6. The van der Waals surface area contributed by atoms with Crippen LogP contribution < -0.4 is 5.32 Å². The molecule has 0 fully saturated rings. The van der Waals surface area contributed by atoms with E-state index in [1.54, 1.807) is 6.07 Å². The highest BCUT2D eigenvalue weighted by Gasteiger charge is 2.14. The molecule has 6 nitrogen and oxygen atoms in total. The van der Waals surface area contributed by atoms with Crippen LogP contribution in [0.25, 0.3) is 21.8 Å². The molecule has 4 rings (SSSR count). The fraction of sp³-hybridized carbons (Fsp3) is 0.130. The zero-order valence-corrected chi connectivity index (χ0v) is 15.9. The average molecular weight is 383 g/mol. The second kappa shape index (κ2) is 8.06. The van der Waals surface area contributed by atoms with E-state index in [-0.39, 0.29) is 18.3 Å². The van der Waals surface area contributed by atoms with Crippen molar-refractivity contribution in [3.63, 3.8) is 0 Å². The minimum atomic E-state index is -0.0811. The summed E-state index contributed by atoms with van der Waals surface area (Å²) in [5.41, 5.74) is 10.8. The van der Waals surface area contributed by atoms with Gasteiger partial charge in [0.15, 0.2) is 5.84 Å². The van der Waals surface area contributed by atoms with Crippen molar-refractivity contribution in [3.8, 4) is 0 Å². The summed E-state index contributed by atoms with van der Waals surface area (Å²) in [5, 5.41) is 16.0. The van der Waals surface area contributed by atoms with Crippen LogP contribution in [0.4, 0.5) is 0 Å². The van der Waals surface area contributed by atoms with Gasteiger partial charge < -0.3 is 9.88 Å². The Labute approximate surface area is 168 Å². The Morgan fingerprint density at radius 2 is 1.66 bits per heavy atom. The maximum Gasteiger partial charge on any atom is 0.239 e. The summed E-state index contributed by atoms with van der Waals surface area (Å²) in [7, 11) is 0. The third-order valence-corrected chi connectivity index (χ3v) is 5.04. The largest absolute Gasteiger partial charge is 0.354 e. The first-order valence-electron chi connectivity index (χ1n) is 9.45. The van der Waals surface area contributed by atoms with Crippen LogP contribution in [0.15, 0.2) is 77.9 Å². The summed E-state index contributed by atoms with van der Waals surface area (Å²) < 4.78 is 1.99. The van der Waals surface area contributed by atoms with Crippen molar-refractivity contribution in [3.05, 3.63) is 83.9 Å². The van der Waals surface area contributed by atoms with Gasteiger partial charge in [0.05, 0.1) is 0 Å². The van der Waals surface area contributed by atoms with E-state index < -0.39 is 0 Å². The average Bonchev–Trinajstić information content (AvgIpc) is 3.07. The number of rotatable bonds is 6. The fourth-order valence-electron chi connectivity index (χ4n) is 3.63. The van der Waals surface area contributed by atoms with Gasteiger partial charge >= 0.3 is 0 Å². The lowest BCUT2D eigenvalue weighted by Crippen LogP contribution is -2.29. The highest BCUT2D eigenvalue weighted by atomic mass is 16.1. The third-order valence-electron chi connectivity index (χ3n) is 5.04. The molecule has 0 radical (unpaired) electrons.